The number of hydrogen-bond acceptors (Lipinski definition) is 7. The highest BCUT2D eigenvalue weighted by atomic mass is 16.5. The number of methoxy groups -OCH3 is 1. The Labute approximate surface area is 174 Å². The zero-order valence-corrected chi connectivity index (χ0v) is 17.7. The highest BCUT2D eigenvalue weighted by molar-refractivity contribution is 5.69. The van der Waals surface area contributed by atoms with Gasteiger partial charge in [0.15, 0.2) is 0 Å². The molecule has 0 aliphatic carbocycles. The van der Waals surface area contributed by atoms with Crippen molar-refractivity contribution in [3.05, 3.63) is 29.8 Å². The molecule has 0 spiro atoms. The summed E-state index contributed by atoms with van der Waals surface area (Å²) in [5.41, 5.74) is 6.79. The van der Waals surface area contributed by atoms with Crippen LogP contribution < -0.4 is 10.5 Å². The molecule has 0 fully saturated rings. The third-order valence-corrected chi connectivity index (χ3v) is 4.23. The van der Waals surface area contributed by atoms with Gasteiger partial charge in [0.2, 0.25) is 0 Å². The summed E-state index contributed by atoms with van der Waals surface area (Å²) >= 11 is 0. The van der Waals surface area contributed by atoms with E-state index in [1.54, 1.807) is 0 Å². The van der Waals surface area contributed by atoms with Gasteiger partial charge in [-0.15, -0.1) is 0 Å². The van der Waals surface area contributed by atoms with Crippen molar-refractivity contribution < 1.29 is 28.5 Å². The van der Waals surface area contributed by atoms with Gasteiger partial charge in [-0.25, -0.2) is 0 Å². The normalized spacial score (nSPS) is 10.8. The molecule has 166 valence electrons. The van der Waals surface area contributed by atoms with Crippen LogP contribution in [0.1, 0.15) is 37.7 Å². The van der Waals surface area contributed by atoms with Crippen LogP contribution in [0.5, 0.6) is 5.75 Å². The highest BCUT2D eigenvalue weighted by Gasteiger charge is 1.99. The molecule has 0 radical (unpaired) electrons. The Bertz CT molecular complexity index is 509. The van der Waals surface area contributed by atoms with Crippen molar-refractivity contribution in [1.29, 1.82) is 0 Å². The van der Waals surface area contributed by atoms with Crippen molar-refractivity contribution in [3.8, 4) is 5.75 Å². The van der Waals surface area contributed by atoms with E-state index in [1.807, 2.05) is 12.1 Å². The highest BCUT2D eigenvalue weighted by Crippen LogP contribution is 2.13. The van der Waals surface area contributed by atoms with E-state index in [0.717, 1.165) is 51.1 Å². The van der Waals surface area contributed by atoms with Crippen molar-refractivity contribution in [3.63, 3.8) is 0 Å². The lowest BCUT2D eigenvalue weighted by Gasteiger charge is -2.08. The van der Waals surface area contributed by atoms with Crippen LogP contribution in [0.25, 0.3) is 0 Å². The third kappa shape index (κ3) is 14.9. The molecule has 1 aromatic rings. The topological polar surface area (TPSA) is 89.2 Å². The fourth-order valence-electron chi connectivity index (χ4n) is 2.57. The molecule has 1 aromatic carbocycles. The number of hydrogen-bond donors (Lipinski definition) is 1. The molecule has 29 heavy (non-hydrogen) atoms. The number of benzene rings is 1. The molecule has 0 unspecified atom stereocenters. The molecule has 7 nitrogen and oxygen atoms in total. The van der Waals surface area contributed by atoms with Crippen molar-refractivity contribution in [1.82, 2.24) is 0 Å². The van der Waals surface area contributed by atoms with Gasteiger partial charge >= 0.3 is 5.97 Å². The molecule has 0 bridgehead atoms. The van der Waals surface area contributed by atoms with Crippen LogP contribution in [-0.4, -0.2) is 65.9 Å². The molecule has 2 N–H and O–H groups in total. The summed E-state index contributed by atoms with van der Waals surface area (Å²) in [5, 5.41) is 0. The smallest absolute Gasteiger partial charge is 0.307 e. The van der Waals surface area contributed by atoms with E-state index in [-0.39, 0.29) is 12.4 Å². The van der Waals surface area contributed by atoms with E-state index in [9.17, 15) is 4.79 Å². The standard InChI is InChI=1S/C22H37NO6/c1-25-22(24)11-15-27-17-19-28-18-16-26-13-4-2-3-5-14-29-21-8-6-20(7-9-21)10-12-23/h6-9H,2-5,10-19,23H2,1H3. The Morgan fingerprint density at radius 3 is 2.00 bits per heavy atom. The average molecular weight is 412 g/mol. The van der Waals surface area contributed by atoms with E-state index in [2.05, 4.69) is 16.9 Å². The number of carbonyl (C=O) groups excluding carboxylic acids is 1. The molecule has 0 aromatic heterocycles. The average Bonchev–Trinajstić information content (AvgIpc) is 2.74. The van der Waals surface area contributed by atoms with Crippen molar-refractivity contribution in [2.45, 2.75) is 38.5 Å². The Hall–Kier alpha value is -1.67. The molecular weight excluding hydrogens is 374 g/mol. The summed E-state index contributed by atoms with van der Waals surface area (Å²) in [7, 11) is 1.37. The molecule has 0 atom stereocenters. The lowest BCUT2D eigenvalue weighted by molar-refractivity contribution is -0.141. The summed E-state index contributed by atoms with van der Waals surface area (Å²) < 4.78 is 26.5. The quantitative estimate of drug-likeness (QED) is 0.276. The molecule has 0 saturated heterocycles. The van der Waals surface area contributed by atoms with Crippen LogP contribution in [0.2, 0.25) is 0 Å². The Morgan fingerprint density at radius 1 is 0.793 bits per heavy atom. The van der Waals surface area contributed by atoms with E-state index in [1.165, 1.54) is 12.7 Å². The van der Waals surface area contributed by atoms with Crippen LogP contribution in [-0.2, 0) is 30.2 Å². The van der Waals surface area contributed by atoms with Gasteiger partial charge in [-0.05, 0) is 49.9 Å². The summed E-state index contributed by atoms with van der Waals surface area (Å²) in [6.07, 6.45) is 5.53. The first-order chi connectivity index (χ1) is 14.3. The van der Waals surface area contributed by atoms with E-state index in [4.69, 9.17) is 24.7 Å². The molecule has 0 amide bonds. The first-order valence-corrected chi connectivity index (χ1v) is 10.5. The molecule has 0 aliphatic rings. The number of carbonyl (C=O) groups is 1. The Morgan fingerprint density at radius 2 is 1.38 bits per heavy atom. The summed E-state index contributed by atoms with van der Waals surface area (Å²) in [5.74, 6) is 0.656. The first-order valence-electron chi connectivity index (χ1n) is 10.5. The fourth-order valence-corrected chi connectivity index (χ4v) is 2.57. The summed E-state index contributed by atoms with van der Waals surface area (Å²) in [4.78, 5) is 10.9. The van der Waals surface area contributed by atoms with Gasteiger partial charge in [0.1, 0.15) is 5.75 Å². The Balaban J connectivity index is 1.78. The van der Waals surface area contributed by atoms with Gasteiger partial charge in [0.25, 0.3) is 0 Å². The van der Waals surface area contributed by atoms with Crippen molar-refractivity contribution in [2.24, 2.45) is 5.73 Å². The zero-order chi connectivity index (χ0) is 21.0. The van der Waals surface area contributed by atoms with Gasteiger partial charge in [-0.1, -0.05) is 18.6 Å². The second-order valence-electron chi connectivity index (χ2n) is 6.61. The van der Waals surface area contributed by atoms with Crippen LogP contribution >= 0.6 is 0 Å². The first kappa shape index (κ1) is 25.4. The Kier molecular flexibility index (Phi) is 16.1. The van der Waals surface area contributed by atoms with Crippen LogP contribution in [0.15, 0.2) is 24.3 Å². The molecular formula is C22H37NO6. The van der Waals surface area contributed by atoms with Gasteiger partial charge in [-0.2, -0.15) is 0 Å². The molecule has 1 rings (SSSR count). The minimum Gasteiger partial charge on any atom is -0.494 e. The maximum absolute atomic E-state index is 10.9. The van der Waals surface area contributed by atoms with Crippen LogP contribution in [0.3, 0.4) is 0 Å². The monoisotopic (exact) mass is 411 g/mol. The van der Waals surface area contributed by atoms with Gasteiger partial charge in [0.05, 0.1) is 53.2 Å². The fraction of sp³-hybridized carbons (Fsp3) is 0.682. The third-order valence-electron chi connectivity index (χ3n) is 4.23. The minimum absolute atomic E-state index is 0.264. The predicted molar refractivity (Wildman–Crippen MR) is 112 cm³/mol. The maximum atomic E-state index is 10.9. The lowest BCUT2D eigenvalue weighted by Crippen LogP contribution is -2.12. The molecule has 0 aliphatic heterocycles. The van der Waals surface area contributed by atoms with E-state index < -0.39 is 0 Å². The molecule has 0 saturated carbocycles. The SMILES string of the molecule is COC(=O)CCOCCOCCOCCCCCCOc1ccc(CCN)cc1. The predicted octanol–water partition coefficient (Wildman–Crippen LogP) is 2.74. The zero-order valence-electron chi connectivity index (χ0n) is 17.7. The minimum atomic E-state index is -0.264. The number of esters is 1. The number of rotatable bonds is 19. The largest absolute Gasteiger partial charge is 0.494 e. The number of ether oxygens (including phenoxy) is 5. The van der Waals surface area contributed by atoms with Gasteiger partial charge in [-0.3, -0.25) is 4.79 Å². The van der Waals surface area contributed by atoms with Gasteiger partial charge in [0, 0.05) is 6.61 Å². The second-order valence-corrected chi connectivity index (χ2v) is 6.61. The van der Waals surface area contributed by atoms with E-state index in [0.29, 0.717) is 39.6 Å². The lowest BCUT2D eigenvalue weighted by atomic mass is 10.1. The van der Waals surface area contributed by atoms with Crippen molar-refractivity contribution >= 4 is 5.97 Å². The van der Waals surface area contributed by atoms with Crippen LogP contribution in [0.4, 0.5) is 0 Å². The molecule has 0 heterocycles. The van der Waals surface area contributed by atoms with Crippen LogP contribution in [0, 0.1) is 0 Å². The van der Waals surface area contributed by atoms with Crippen molar-refractivity contribution in [2.75, 3.05) is 59.9 Å². The number of nitrogens with two attached hydrogens (primary N) is 1. The second kappa shape index (κ2) is 18.4. The summed E-state index contributed by atoms with van der Waals surface area (Å²) in [6, 6.07) is 8.16. The maximum Gasteiger partial charge on any atom is 0.307 e. The summed E-state index contributed by atoms with van der Waals surface area (Å²) in [6.45, 7) is 4.64. The number of unbranched alkanes of at least 4 members (excludes halogenated alkanes) is 3. The van der Waals surface area contributed by atoms with Gasteiger partial charge < -0.3 is 29.4 Å². The molecule has 7 heteroatoms. The van der Waals surface area contributed by atoms with E-state index >= 15 is 0 Å².